The van der Waals surface area contributed by atoms with Crippen molar-refractivity contribution in [2.24, 2.45) is 0 Å². The molecule has 0 amide bonds. The van der Waals surface area contributed by atoms with Crippen LogP contribution < -0.4 is 5.32 Å². The van der Waals surface area contributed by atoms with Crippen molar-refractivity contribution in [1.82, 2.24) is 5.32 Å². The highest BCUT2D eigenvalue weighted by molar-refractivity contribution is 5.35. The van der Waals surface area contributed by atoms with E-state index in [-0.39, 0.29) is 17.7 Å². The third-order valence-electron chi connectivity index (χ3n) is 5.05. The number of ether oxygens (including phenoxy) is 1. The number of nitrogens with one attached hydrogen (secondary N) is 1. The van der Waals surface area contributed by atoms with Gasteiger partial charge in [-0.1, -0.05) is 30.3 Å². The van der Waals surface area contributed by atoms with Crippen LogP contribution in [0.5, 0.6) is 0 Å². The maximum atomic E-state index is 13.2. The number of rotatable bonds is 5. The molecule has 0 bridgehead atoms. The molecule has 1 heterocycles. The number of hydrogen-bond acceptors (Lipinski definition) is 3. The number of aliphatic hydroxyl groups excluding tert-OH is 1. The zero-order valence-electron chi connectivity index (χ0n) is 15.8. The zero-order valence-corrected chi connectivity index (χ0v) is 15.8. The number of halogens is 6. The molecular formula is C21H21F6NO2. The lowest BCUT2D eigenvalue weighted by Gasteiger charge is -2.35. The van der Waals surface area contributed by atoms with Gasteiger partial charge in [-0.25, -0.2) is 0 Å². The minimum absolute atomic E-state index is 0.0624. The van der Waals surface area contributed by atoms with Crippen LogP contribution in [0.15, 0.2) is 48.5 Å². The first-order valence-electron chi connectivity index (χ1n) is 9.43. The second-order valence-corrected chi connectivity index (χ2v) is 7.17. The summed E-state index contributed by atoms with van der Waals surface area (Å²) in [5.74, 6) is 0. The van der Waals surface area contributed by atoms with E-state index in [0.29, 0.717) is 25.1 Å². The summed E-state index contributed by atoms with van der Waals surface area (Å²) >= 11 is 0. The van der Waals surface area contributed by atoms with Gasteiger partial charge in [-0.15, -0.1) is 0 Å². The summed E-state index contributed by atoms with van der Waals surface area (Å²) in [6, 6.07) is 10.2. The van der Waals surface area contributed by atoms with Crippen molar-refractivity contribution < 1.29 is 36.2 Å². The monoisotopic (exact) mass is 433 g/mol. The van der Waals surface area contributed by atoms with Crippen molar-refractivity contribution in [1.29, 1.82) is 0 Å². The topological polar surface area (TPSA) is 41.5 Å². The summed E-state index contributed by atoms with van der Waals surface area (Å²) in [5, 5.41) is 13.0. The molecule has 3 atom stereocenters. The summed E-state index contributed by atoms with van der Waals surface area (Å²) in [6.45, 7) is -0.0540. The summed E-state index contributed by atoms with van der Waals surface area (Å²) < 4.78 is 84.9. The molecule has 0 aliphatic carbocycles. The highest BCUT2D eigenvalue weighted by Crippen LogP contribution is 2.39. The quantitative estimate of drug-likeness (QED) is 0.632. The van der Waals surface area contributed by atoms with Crippen molar-refractivity contribution >= 4 is 0 Å². The van der Waals surface area contributed by atoms with Gasteiger partial charge in [0.2, 0.25) is 0 Å². The minimum Gasteiger partial charge on any atom is -0.393 e. The van der Waals surface area contributed by atoms with Gasteiger partial charge >= 0.3 is 12.4 Å². The summed E-state index contributed by atoms with van der Waals surface area (Å²) in [4.78, 5) is 0. The van der Waals surface area contributed by atoms with E-state index < -0.39 is 42.3 Å². The molecule has 1 aliphatic heterocycles. The molecule has 2 N–H and O–H groups in total. The van der Waals surface area contributed by atoms with Gasteiger partial charge in [-0.3, -0.25) is 0 Å². The maximum Gasteiger partial charge on any atom is 0.416 e. The molecule has 9 heteroatoms. The Bertz CT molecular complexity index is 805. The number of alkyl halides is 6. The highest BCUT2D eigenvalue weighted by atomic mass is 19.4. The molecule has 3 nitrogen and oxygen atoms in total. The lowest BCUT2D eigenvalue weighted by Crippen LogP contribution is -2.40. The normalized spacial score (nSPS) is 21.4. The second-order valence-electron chi connectivity index (χ2n) is 7.17. The Kier molecular flexibility index (Phi) is 6.74. The second kappa shape index (κ2) is 8.95. The van der Waals surface area contributed by atoms with E-state index in [9.17, 15) is 31.4 Å². The molecule has 1 fully saturated rings. The van der Waals surface area contributed by atoms with Crippen LogP contribution in [-0.4, -0.2) is 24.4 Å². The highest BCUT2D eigenvalue weighted by Gasteiger charge is 2.38. The lowest BCUT2D eigenvalue weighted by molar-refractivity contribution is -0.143. The van der Waals surface area contributed by atoms with Crippen molar-refractivity contribution in [3.05, 3.63) is 70.8 Å². The first-order chi connectivity index (χ1) is 14.1. The largest absolute Gasteiger partial charge is 0.416 e. The number of hydrogen-bond donors (Lipinski definition) is 2. The van der Waals surface area contributed by atoms with Crippen LogP contribution in [0.2, 0.25) is 0 Å². The van der Waals surface area contributed by atoms with E-state index >= 15 is 0 Å². The first kappa shape index (κ1) is 22.6. The van der Waals surface area contributed by atoms with Gasteiger partial charge in [0, 0.05) is 0 Å². The van der Waals surface area contributed by atoms with Crippen LogP contribution in [-0.2, 0) is 17.1 Å². The predicted molar refractivity (Wildman–Crippen MR) is 97.6 cm³/mol. The van der Waals surface area contributed by atoms with E-state index in [1.165, 1.54) is 0 Å². The van der Waals surface area contributed by atoms with Gasteiger partial charge in [0.1, 0.15) is 6.10 Å². The molecule has 0 aromatic heterocycles. The Morgan fingerprint density at radius 2 is 1.57 bits per heavy atom. The van der Waals surface area contributed by atoms with Gasteiger partial charge in [-0.05, 0) is 48.7 Å². The van der Waals surface area contributed by atoms with Crippen molar-refractivity contribution in [2.45, 2.75) is 43.4 Å². The van der Waals surface area contributed by atoms with Crippen LogP contribution in [0, 0.1) is 0 Å². The Hall–Kier alpha value is -2.10. The van der Waals surface area contributed by atoms with Crippen LogP contribution in [0.4, 0.5) is 26.3 Å². The molecule has 1 saturated heterocycles. The molecular weight excluding hydrogens is 412 g/mol. The Labute approximate surface area is 169 Å². The third-order valence-corrected chi connectivity index (χ3v) is 5.05. The fraction of sp³-hybridized carbons (Fsp3) is 0.429. The first-order valence-corrected chi connectivity index (χ1v) is 9.43. The van der Waals surface area contributed by atoms with E-state index in [1.807, 2.05) is 30.3 Å². The average Bonchev–Trinajstić information content (AvgIpc) is 2.71. The van der Waals surface area contributed by atoms with E-state index in [1.54, 1.807) is 0 Å². The molecule has 1 aliphatic rings. The van der Waals surface area contributed by atoms with Crippen LogP contribution in [0.3, 0.4) is 0 Å². The maximum absolute atomic E-state index is 13.2. The minimum atomic E-state index is -4.96. The van der Waals surface area contributed by atoms with Gasteiger partial charge < -0.3 is 15.2 Å². The average molecular weight is 433 g/mol. The molecule has 0 saturated carbocycles. The predicted octanol–water partition coefficient (Wildman–Crippen LogP) is 5.27. The van der Waals surface area contributed by atoms with Gasteiger partial charge in [-0.2, -0.15) is 26.3 Å². The Morgan fingerprint density at radius 3 is 2.10 bits per heavy atom. The van der Waals surface area contributed by atoms with Gasteiger partial charge in [0.25, 0.3) is 0 Å². The number of aliphatic hydroxyl groups is 1. The van der Waals surface area contributed by atoms with Gasteiger partial charge in [0.05, 0.1) is 29.9 Å². The van der Waals surface area contributed by atoms with E-state index in [4.69, 9.17) is 4.74 Å². The number of benzene rings is 2. The van der Waals surface area contributed by atoms with Crippen molar-refractivity contribution in [3.8, 4) is 0 Å². The van der Waals surface area contributed by atoms with Crippen LogP contribution >= 0.6 is 0 Å². The SMILES string of the molecule is OCC(OC1CCCNC1c1ccccc1)c1cc(C(F)(F)F)cc(C(F)(F)F)c1. The fourth-order valence-electron chi connectivity index (χ4n) is 3.60. The lowest BCUT2D eigenvalue weighted by atomic mass is 9.94. The molecule has 2 aromatic carbocycles. The zero-order chi connectivity index (χ0) is 21.9. The van der Waals surface area contributed by atoms with Crippen LogP contribution in [0.1, 0.15) is 47.2 Å². The molecule has 2 aromatic rings. The van der Waals surface area contributed by atoms with Gasteiger partial charge in [0.15, 0.2) is 0 Å². The van der Waals surface area contributed by atoms with Crippen molar-refractivity contribution in [2.75, 3.05) is 13.2 Å². The standard InChI is InChI=1S/C21H21F6NO2/c22-20(23,24)15-9-14(10-16(11-15)21(25,26)27)18(12-29)30-17-7-4-8-28-19(17)13-5-2-1-3-6-13/h1-3,5-6,9-11,17-19,28-29H,4,7-8,12H2. The molecule has 30 heavy (non-hydrogen) atoms. The molecule has 0 radical (unpaired) electrons. The Morgan fingerprint density at radius 1 is 0.967 bits per heavy atom. The van der Waals surface area contributed by atoms with Crippen LogP contribution in [0.25, 0.3) is 0 Å². The summed E-state index contributed by atoms with van der Waals surface area (Å²) in [5.41, 5.74) is -2.34. The fourth-order valence-corrected chi connectivity index (χ4v) is 3.60. The van der Waals surface area contributed by atoms with E-state index in [0.717, 1.165) is 12.0 Å². The molecule has 0 spiro atoms. The Balaban J connectivity index is 1.93. The van der Waals surface area contributed by atoms with E-state index in [2.05, 4.69) is 5.32 Å². The molecule has 3 unspecified atom stereocenters. The number of piperidine rings is 1. The summed E-state index contributed by atoms with van der Waals surface area (Å²) in [6.07, 6.45) is -10.5. The molecule has 3 rings (SSSR count). The summed E-state index contributed by atoms with van der Waals surface area (Å²) in [7, 11) is 0. The third kappa shape index (κ3) is 5.33. The van der Waals surface area contributed by atoms with Crippen molar-refractivity contribution in [3.63, 3.8) is 0 Å². The molecule has 164 valence electrons. The smallest absolute Gasteiger partial charge is 0.393 e.